The van der Waals surface area contributed by atoms with Crippen LogP contribution in [0, 0.1) is 23.7 Å². The molecule has 10 rings (SSSR count). The van der Waals surface area contributed by atoms with Gasteiger partial charge in [-0.15, -0.1) is 0 Å². The van der Waals surface area contributed by atoms with E-state index in [1.54, 1.807) is 11.1 Å². The van der Waals surface area contributed by atoms with Crippen molar-refractivity contribution in [2.75, 3.05) is 0 Å². The van der Waals surface area contributed by atoms with E-state index in [1.807, 2.05) is 12.3 Å². The fourth-order valence-electron chi connectivity index (χ4n) is 9.47. The van der Waals surface area contributed by atoms with Crippen LogP contribution < -0.4 is 0 Å². The molecule has 1 heterocycles. The summed E-state index contributed by atoms with van der Waals surface area (Å²) in [4.78, 5) is 4.87. The van der Waals surface area contributed by atoms with Gasteiger partial charge in [-0.05, 0) is 113 Å². The van der Waals surface area contributed by atoms with Gasteiger partial charge in [0.05, 0.1) is 5.52 Å². The number of rotatable bonds is 1. The lowest BCUT2D eigenvalue weighted by atomic mass is 9.43. The molecule has 0 unspecified atom stereocenters. The van der Waals surface area contributed by atoms with E-state index in [9.17, 15) is 0 Å². The van der Waals surface area contributed by atoms with Crippen LogP contribution >= 0.6 is 0 Å². The molecule has 5 aromatic rings. The lowest BCUT2D eigenvalue weighted by molar-refractivity contribution is -0.0398. The smallest absolute Gasteiger partial charge is 0.0780 e. The molecule has 4 aromatic carbocycles. The number of fused-ring (bicyclic) bond motifs is 5. The van der Waals surface area contributed by atoms with Gasteiger partial charge >= 0.3 is 0 Å². The van der Waals surface area contributed by atoms with Crippen molar-refractivity contribution in [3.8, 4) is 22.3 Å². The molecule has 1 aromatic heterocycles. The molecule has 1 nitrogen and oxygen atoms in total. The van der Waals surface area contributed by atoms with E-state index in [2.05, 4.69) is 78.9 Å². The minimum atomic E-state index is 0.177. The highest BCUT2D eigenvalue weighted by atomic mass is 14.7. The SMILES string of the molecule is c1cc(-c2cccc3cccnc23)c2c(c1)C1(c3cc4ccccc4cc3-2)C2CC3CC(C2)CC1C3. The second-order valence-corrected chi connectivity index (χ2v) is 12.0. The number of pyridine rings is 1. The number of hydrogen-bond acceptors (Lipinski definition) is 1. The van der Waals surface area contributed by atoms with Crippen molar-refractivity contribution in [2.45, 2.75) is 37.5 Å². The van der Waals surface area contributed by atoms with Crippen LogP contribution in [-0.4, -0.2) is 4.98 Å². The molecule has 36 heavy (non-hydrogen) atoms. The standard InChI is InChI=1S/C35H29N/c1-2-7-25-20-32-30(19-24(25)6-1)33-28(29-11-3-8-23-9-5-13-36-34(23)29)10-4-12-31(33)35(32)26-15-21-14-22(17-26)18-27(35)16-21/h1-13,19-22,26-27H,14-18H2. The molecule has 4 bridgehead atoms. The normalized spacial score (nSPS) is 29.2. The summed E-state index contributed by atoms with van der Waals surface area (Å²) >= 11 is 0. The van der Waals surface area contributed by atoms with Gasteiger partial charge in [0.25, 0.3) is 0 Å². The average Bonchev–Trinajstić information content (AvgIpc) is 3.20. The highest BCUT2D eigenvalue weighted by Crippen LogP contribution is 2.70. The third-order valence-corrected chi connectivity index (χ3v) is 10.5. The molecule has 0 atom stereocenters. The van der Waals surface area contributed by atoms with Crippen LogP contribution in [0.25, 0.3) is 43.9 Å². The maximum atomic E-state index is 4.87. The molecular weight excluding hydrogens is 434 g/mol. The van der Waals surface area contributed by atoms with Gasteiger partial charge in [0.2, 0.25) is 0 Å². The molecule has 5 aliphatic rings. The zero-order valence-electron chi connectivity index (χ0n) is 20.5. The van der Waals surface area contributed by atoms with Crippen LogP contribution in [0.2, 0.25) is 0 Å². The van der Waals surface area contributed by atoms with E-state index in [4.69, 9.17) is 4.98 Å². The molecule has 5 aliphatic carbocycles. The van der Waals surface area contributed by atoms with Crippen LogP contribution in [-0.2, 0) is 5.41 Å². The zero-order chi connectivity index (χ0) is 23.4. The number of aromatic nitrogens is 1. The second kappa shape index (κ2) is 6.85. The van der Waals surface area contributed by atoms with Crippen LogP contribution in [0.15, 0.2) is 91.1 Å². The van der Waals surface area contributed by atoms with Crippen molar-refractivity contribution in [3.63, 3.8) is 0 Å². The van der Waals surface area contributed by atoms with Crippen LogP contribution in [0.4, 0.5) is 0 Å². The van der Waals surface area contributed by atoms with Gasteiger partial charge in [-0.25, -0.2) is 0 Å². The minimum absolute atomic E-state index is 0.177. The Kier molecular flexibility index (Phi) is 3.75. The second-order valence-electron chi connectivity index (χ2n) is 12.0. The Bertz CT molecular complexity index is 1680. The summed E-state index contributed by atoms with van der Waals surface area (Å²) in [6.45, 7) is 0. The van der Waals surface area contributed by atoms with Crippen LogP contribution in [0.3, 0.4) is 0 Å². The van der Waals surface area contributed by atoms with Crippen molar-refractivity contribution in [2.24, 2.45) is 23.7 Å². The predicted octanol–water partition coefficient (Wildman–Crippen LogP) is 8.78. The molecule has 0 aliphatic heterocycles. The fraction of sp³-hybridized carbons (Fsp3) is 0.286. The van der Waals surface area contributed by atoms with E-state index in [0.717, 1.165) is 29.2 Å². The Morgan fingerprint density at radius 2 is 1.22 bits per heavy atom. The molecule has 1 spiro atoms. The molecular formula is C35H29N. The molecule has 0 saturated heterocycles. The third-order valence-electron chi connectivity index (χ3n) is 10.5. The Hall–Kier alpha value is -3.45. The van der Waals surface area contributed by atoms with Crippen molar-refractivity contribution in [3.05, 3.63) is 102 Å². The highest BCUT2D eigenvalue weighted by Gasteiger charge is 2.61. The van der Waals surface area contributed by atoms with Crippen molar-refractivity contribution >= 4 is 21.7 Å². The summed E-state index contributed by atoms with van der Waals surface area (Å²) < 4.78 is 0. The number of hydrogen-bond donors (Lipinski definition) is 0. The first-order valence-electron chi connectivity index (χ1n) is 13.8. The maximum absolute atomic E-state index is 4.87. The maximum Gasteiger partial charge on any atom is 0.0780 e. The Balaban J connectivity index is 1.41. The third kappa shape index (κ3) is 2.35. The van der Waals surface area contributed by atoms with E-state index in [-0.39, 0.29) is 5.41 Å². The summed E-state index contributed by atoms with van der Waals surface area (Å²) in [6, 6.07) is 32.2. The van der Waals surface area contributed by atoms with E-state index < -0.39 is 0 Å². The van der Waals surface area contributed by atoms with Gasteiger partial charge in [-0.2, -0.15) is 0 Å². The van der Waals surface area contributed by atoms with Gasteiger partial charge < -0.3 is 0 Å². The lowest BCUT2D eigenvalue weighted by Crippen LogP contribution is -2.55. The van der Waals surface area contributed by atoms with E-state index >= 15 is 0 Å². The number of nitrogens with zero attached hydrogens (tertiary/aromatic N) is 1. The molecule has 174 valence electrons. The molecule has 4 saturated carbocycles. The van der Waals surface area contributed by atoms with Gasteiger partial charge in [-0.1, -0.05) is 66.7 Å². The number of para-hydroxylation sites is 1. The summed E-state index contributed by atoms with van der Waals surface area (Å²) in [7, 11) is 0. The fourth-order valence-corrected chi connectivity index (χ4v) is 9.47. The molecule has 1 heteroatoms. The van der Waals surface area contributed by atoms with Gasteiger partial charge in [0.15, 0.2) is 0 Å². The monoisotopic (exact) mass is 463 g/mol. The van der Waals surface area contributed by atoms with Gasteiger partial charge in [0.1, 0.15) is 0 Å². The lowest BCUT2D eigenvalue weighted by Gasteiger charge is -2.61. The van der Waals surface area contributed by atoms with Crippen LogP contribution in [0.1, 0.15) is 43.2 Å². The van der Waals surface area contributed by atoms with E-state index in [1.165, 1.54) is 70.5 Å². The molecule has 0 radical (unpaired) electrons. The quantitative estimate of drug-likeness (QED) is 0.242. The first-order chi connectivity index (χ1) is 17.8. The zero-order valence-corrected chi connectivity index (χ0v) is 20.5. The van der Waals surface area contributed by atoms with Gasteiger partial charge in [0, 0.05) is 22.6 Å². The largest absolute Gasteiger partial charge is 0.256 e. The Morgan fingerprint density at radius 3 is 2.03 bits per heavy atom. The minimum Gasteiger partial charge on any atom is -0.256 e. The number of benzene rings is 4. The Labute approximate surface area is 212 Å². The van der Waals surface area contributed by atoms with Crippen LogP contribution in [0.5, 0.6) is 0 Å². The molecule has 0 amide bonds. The van der Waals surface area contributed by atoms with E-state index in [0.29, 0.717) is 0 Å². The molecule has 4 fully saturated rings. The summed E-state index contributed by atoms with van der Waals surface area (Å²) in [5.41, 5.74) is 10.1. The Morgan fingerprint density at radius 1 is 0.556 bits per heavy atom. The summed E-state index contributed by atoms with van der Waals surface area (Å²) in [5, 5.41) is 3.97. The summed E-state index contributed by atoms with van der Waals surface area (Å²) in [6.07, 6.45) is 9.09. The first-order valence-corrected chi connectivity index (χ1v) is 13.8. The van der Waals surface area contributed by atoms with Crippen molar-refractivity contribution < 1.29 is 0 Å². The van der Waals surface area contributed by atoms with Crippen molar-refractivity contribution in [1.29, 1.82) is 0 Å². The van der Waals surface area contributed by atoms with Gasteiger partial charge in [-0.3, -0.25) is 4.98 Å². The average molecular weight is 464 g/mol. The molecule has 0 N–H and O–H groups in total. The highest BCUT2D eigenvalue weighted by molar-refractivity contribution is 6.03. The van der Waals surface area contributed by atoms with Crippen molar-refractivity contribution in [1.82, 2.24) is 4.98 Å². The predicted molar refractivity (Wildman–Crippen MR) is 148 cm³/mol. The first kappa shape index (κ1) is 19.7. The topological polar surface area (TPSA) is 12.9 Å². The summed E-state index contributed by atoms with van der Waals surface area (Å²) in [5.74, 6) is 3.46.